The summed E-state index contributed by atoms with van der Waals surface area (Å²) in [6.45, 7) is 2.80. The van der Waals surface area contributed by atoms with E-state index in [-0.39, 0.29) is 12.2 Å². The van der Waals surface area contributed by atoms with E-state index in [1.54, 1.807) is 0 Å². The van der Waals surface area contributed by atoms with Crippen molar-refractivity contribution >= 4 is 0 Å². The van der Waals surface area contributed by atoms with Crippen molar-refractivity contribution < 1.29 is 13.5 Å². The first-order valence-corrected chi connectivity index (χ1v) is 5.80. The number of halogens is 2. The summed E-state index contributed by atoms with van der Waals surface area (Å²) in [6.07, 6.45) is 1.68. The molecule has 17 heavy (non-hydrogen) atoms. The van der Waals surface area contributed by atoms with Gasteiger partial charge in [0.05, 0.1) is 6.61 Å². The van der Waals surface area contributed by atoms with E-state index in [0.29, 0.717) is 5.56 Å². The summed E-state index contributed by atoms with van der Waals surface area (Å²) >= 11 is 0. The van der Waals surface area contributed by atoms with E-state index in [0.717, 1.165) is 19.4 Å². The summed E-state index contributed by atoms with van der Waals surface area (Å²) in [6, 6.07) is 2.76. The predicted molar refractivity (Wildman–Crippen MR) is 61.7 cm³/mol. The number of methoxy groups -OCH3 is 1. The molecule has 0 amide bonds. The highest BCUT2D eigenvalue weighted by Crippen LogP contribution is 2.35. The topological polar surface area (TPSA) is 21.3 Å². The molecular weight excluding hydrogens is 224 g/mol. The largest absolute Gasteiger partial charge is 0.380 e. The number of hydrogen-bond acceptors (Lipinski definition) is 2. The number of rotatable bonds is 3. The van der Waals surface area contributed by atoms with Gasteiger partial charge in [0.25, 0.3) is 0 Å². The zero-order valence-corrected chi connectivity index (χ0v) is 10.1. The van der Waals surface area contributed by atoms with Crippen LogP contribution in [0.5, 0.6) is 0 Å². The van der Waals surface area contributed by atoms with Crippen molar-refractivity contribution in [1.29, 1.82) is 0 Å². The predicted octanol–water partition coefficient (Wildman–Crippen LogP) is 2.71. The third-order valence-corrected chi connectivity index (χ3v) is 3.39. The number of benzene rings is 1. The molecule has 1 saturated heterocycles. The molecule has 1 fully saturated rings. The van der Waals surface area contributed by atoms with Crippen LogP contribution in [0.25, 0.3) is 0 Å². The molecule has 4 heteroatoms. The van der Waals surface area contributed by atoms with Crippen LogP contribution in [-0.2, 0) is 16.9 Å². The Kier molecular flexibility index (Phi) is 3.45. The average Bonchev–Trinajstić information content (AvgIpc) is 2.70. The van der Waals surface area contributed by atoms with E-state index < -0.39 is 17.2 Å². The fourth-order valence-corrected chi connectivity index (χ4v) is 2.48. The first-order chi connectivity index (χ1) is 8.08. The Morgan fingerprint density at radius 3 is 2.76 bits per heavy atom. The molecule has 1 aliphatic heterocycles. The number of nitrogens with one attached hydrogen (secondary N) is 1. The lowest BCUT2D eigenvalue weighted by Gasteiger charge is -2.26. The van der Waals surface area contributed by atoms with Gasteiger partial charge in [-0.25, -0.2) is 8.78 Å². The molecule has 0 saturated carbocycles. The van der Waals surface area contributed by atoms with Crippen molar-refractivity contribution in [3.05, 3.63) is 34.9 Å². The maximum absolute atomic E-state index is 14.3. The Hall–Kier alpha value is -1.00. The highest BCUT2D eigenvalue weighted by Gasteiger charge is 2.35. The minimum Gasteiger partial charge on any atom is -0.380 e. The Balaban J connectivity index is 2.48. The maximum Gasteiger partial charge on any atom is 0.136 e. The molecule has 0 radical (unpaired) electrons. The van der Waals surface area contributed by atoms with Crippen LogP contribution < -0.4 is 5.32 Å². The smallest absolute Gasteiger partial charge is 0.136 e. The summed E-state index contributed by atoms with van der Waals surface area (Å²) in [4.78, 5) is 0. The quantitative estimate of drug-likeness (QED) is 0.878. The standard InChI is InChI=1S/C13H17F2NO/c1-13(6-3-7-16-13)11-10(14)5-4-9(8-17-2)12(11)15/h4-5,16H,3,6-8H2,1-2H3. The minimum absolute atomic E-state index is 0.143. The van der Waals surface area contributed by atoms with Crippen LogP contribution in [0.1, 0.15) is 30.9 Å². The summed E-state index contributed by atoms with van der Waals surface area (Å²) < 4.78 is 33.0. The van der Waals surface area contributed by atoms with Crippen LogP contribution in [0.4, 0.5) is 8.78 Å². The molecule has 1 aromatic carbocycles. The van der Waals surface area contributed by atoms with Crippen LogP contribution >= 0.6 is 0 Å². The Morgan fingerprint density at radius 1 is 1.41 bits per heavy atom. The van der Waals surface area contributed by atoms with Crippen LogP contribution in [0.15, 0.2) is 12.1 Å². The molecule has 0 bridgehead atoms. The molecule has 1 atom stereocenters. The Bertz CT molecular complexity index is 414. The first-order valence-electron chi connectivity index (χ1n) is 5.80. The van der Waals surface area contributed by atoms with Gasteiger partial charge in [-0.05, 0) is 32.4 Å². The summed E-state index contributed by atoms with van der Waals surface area (Å²) in [5.74, 6) is -0.969. The van der Waals surface area contributed by atoms with E-state index in [4.69, 9.17) is 4.74 Å². The molecule has 2 rings (SSSR count). The molecule has 2 nitrogen and oxygen atoms in total. The van der Waals surface area contributed by atoms with Crippen molar-refractivity contribution in [2.45, 2.75) is 31.9 Å². The van der Waals surface area contributed by atoms with Crippen LogP contribution in [0.3, 0.4) is 0 Å². The molecule has 1 heterocycles. The second-order valence-electron chi connectivity index (χ2n) is 4.69. The molecule has 94 valence electrons. The lowest BCUT2D eigenvalue weighted by Crippen LogP contribution is -2.35. The van der Waals surface area contributed by atoms with Gasteiger partial charge < -0.3 is 10.1 Å². The number of ether oxygens (including phenoxy) is 1. The zero-order valence-electron chi connectivity index (χ0n) is 10.1. The molecule has 0 spiro atoms. The van der Waals surface area contributed by atoms with Crippen molar-refractivity contribution in [2.24, 2.45) is 0 Å². The third-order valence-electron chi connectivity index (χ3n) is 3.39. The van der Waals surface area contributed by atoms with E-state index in [1.807, 2.05) is 6.92 Å². The van der Waals surface area contributed by atoms with Gasteiger partial charge in [-0.1, -0.05) is 6.07 Å². The van der Waals surface area contributed by atoms with E-state index >= 15 is 0 Å². The van der Waals surface area contributed by atoms with Gasteiger partial charge in [-0.15, -0.1) is 0 Å². The normalized spacial score (nSPS) is 24.2. The van der Waals surface area contributed by atoms with Gasteiger partial charge in [-0.2, -0.15) is 0 Å². The molecule has 1 unspecified atom stereocenters. The Morgan fingerprint density at radius 2 is 2.18 bits per heavy atom. The van der Waals surface area contributed by atoms with Gasteiger partial charge in [-0.3, -0.25) is 0 Å². The SMILES string of the molecule is COCc1ccc(F)c(C2(C)CCCN2)c1F. The molecule has 1 aromatic rings. The summed E-state index contributed by atoms with van der Waals surface area (Å²) in [7, 11) is 1.50. The number of hydrogen-bond donors (Lipinski definition) is 1. The van der Waals surface area contributed by atoms with Crippen LogP contribution in [0.2, 0.25) is 0 Å². The monoisotopic (exact) mass is 241 g/mol. The molecule has 1 N–H and O–H groups in total. The second kappa shape index (κ2) is 4.70. The summed E-state index contributed by atoms with van der Waals surface area (Å²) in [5.41, 5.74) is -0.0545. The molecule has 0 aliphatic carbocycles. The third kappa shape index (κ3) is 2.19. The van der Waals surface area contributed by atoms with Crippen molar-refractivity contribution in [3.63, 3.8) is 0 Å². The van der Waals surface area contributed by atoms with Crippen LogP contribution in [-0.4, -0.2) is 13.7 Å². The van der Waals surface area contributed by atoms with Gasteiger partial charge in [0.2, 0.25) is 0 Å². The average molecular weight is 241 g/mol. The van der Waals surface area contributed by atoms with Gasteiger partial charge in [0.15, 0.2) is 0 Å². The maximum atomic E-state index is 14.3. The molecule has 0 aromatic heterocycles. The van der Waals surface area contributed by atoms with Crippen molar-refractivity contribution in [3.8, 4) is 0 Å². The van der Waals surface area contributed by atoms with E-state index in [2.05, 4.69) is 5.32 Å². The Labute approximate surface area is 100.0 Å². The van der Waals surface area contributed by atoms with Crippen molar-refractivity contribution in [1.82, 2.24) is 5.32 Å². The van der Waals surface area contributed by atoms with Crippen LogP contribution in [0, 0.1) is 11.6 Å². The fourth-order valence-electron chi connectivity index (χ4n) is 2.48. The van der Waals surface area contributed by atoms with E-state index in [1.165, 1.54) is 19.2 Å². The second-order valence-corrected chi connectivity index (χ2v) is 4.69. The minimum atomic E-state index is -0.599. The van der Waals surface area contributed by atoms with E-state index in [9.17, 15) is 8.78 Å². The molecular formula is C13H17F2NO. The highest BCUT2D eigenvalue weighted by atomic mass is 19.1. The van der Waals surface area contributed by atoms with Gasteiger partial charge >= 0.3 is 0 Å². The fraction of sp³-hybridized carbons (Fsp3) is 0.538. The molecule has 1 aliphatic rings. The highest BCUT2D eigenvalue weighted by molar-refractivity contribution is 5.33. The van der Waals surface area contributed by atoms with Gasteiger partial charge in [0, 0.05) is 23.8 Å². The lowest BCUT2D eigenvalue weighted by atomic mass is 9.88. The van der Waals surface area contributed by atoms with Gasteiger partial charge in [0.1, 0.15) is 11.6 Å². The summed E-state index contributed by atoms with van der Waals surface area (Å²) in [5, 5.41) is 3.18. The van der Waals surface area contributed by atoms with Crippen molar-refractivity contribution in [2.75, 3.05) is 13.7 Å². The lowest BCUT2D eigenvalue weighted by molar-refractivity contribution is 0.180. The first kappa shape index (κ1) is 12.5. The zero-order chi connectivity index (χ0) is 12.5.